The third kappa shape index (κ3) is 2.19. The maximum absolute atomic E-state index is 12.8. The van der Waals surface area contributed by atoms with Crippen molar-refractivity contribution in [3.05, 3.63) is 53.1 Å². The topological polar surface area (TPSA) is 88.8 Å². The van der Waals surface area contributed by atoms with E-state index in [0.29, 0.717) is 24.2 Å². The van der Waals surface area contributed by atoms with Crippen LogP contribution in [0.2, 0.25) is 0 Å². The second-order valence-electron chi connectivity index (χ2n) is 5.39. The van der Waals surface area contributed by atoms with Crippen molar-refractivity contribution in [2.24, 2.45) is 11.7 Å². The minimum atomic E-state index is -0.488. The van der Waals surface area contributed by atoms with Gasteiger partial charge in [-0.05, 0) is 37.6 Å². The van der Waals surface area contributed by atoms with Gasteiger partial charge in [0.25, 0.3) is 0 Å². The highest BCUT2D eigenvalue weighted by Gasteiger charge is 2.42. The molecule has 1 aliphatic rings. The van der Waals surface area contributed by atoms with Crippen molar-refractivity contribution in [2.45, 2.75) is 19.3 Å². The highest BCUT2D eigenvalue weighted by molar-refractivity contribution is 6.17. The van der Waals surface area contributed by atoms with Crippen molar-refractivity contribution in [1.29, 1.82) is 0 Å². The number of aromatic amines is 1. The van der Waals surface area contributed by atoms with Crippen molar-refractivity contribution in [2.75, 3.05) is 6.54 Å². The summed E-state index contributed by atoms with van der Waals surface area (Å²) in [5.74, 6) is -0.976. The molecule has 0 bridgehead atoms. The maximum atomic E-state index is 12.8. The predicted octanol–water partition coefficient (Wildman–Crippen LogP) is 1.85. The summed E-state index contributed by atoms with van der Waals surface area (Å²) < 4.78 is 0. The normalized spacial score (nSPS) is 21.4. The van der Waals surface area contributed by atoms with Gasteiger partial charge in [0.2, 0.25) is 0 Å². The van der Waals surface area contributed by atoms with Crippen LogP contribution in [0.25, 0.3) is 0 Å². The lowest BCUT2D eigenvalue weighted by Gasteiger charge is -2.29. The van der Waals surface area contributed by atoms with E-state index in [-0.39, 0.29) is 11.6 Å². The number of nitrogens with two attached hydrogens (primary N) is 1. The van der Waals surface area contributed by atoms with Crippen LogP contribution in [-0.4, -0.2) is 28.1 Å². The Bertz CT molecular complexity index is 688. The van der Waals surface area contributed by atoms with E-state index in [0.717, 1.165) is 11.3 Å². The van der Waals surface area contributed by atoms with Crippen molar-refractivity contribution >= 4 is 11.6 Å². The van der Waals surface area contributed by atoms with Gasteiger partial charge < -0.3 is 10.7 Å². The summed E-state index contributed by atoms with van der Waals surface area (Å²) in [7, 11) is 0. The molecule has 0 aliphatic heterocycles. The standard InChI is InChI=1S/C16H17N3O2/c1-9-2-3-10(8-19-9)13-11(4-6-17)16(21)14-12(15(13)20)5-7-18-14/h2-3,5,7-8,11,13,18H,4,6,17H2,1H3. The zero-order valence-corrected chi connectivity index (χ0v) is 11.8. The maximum Gasteiger partial charge on any atom is 0.183 e. The number of nitrogens with one attached hydrogen (secondary N) is 1. The Kier molecular flexibility index (Phi) is 3.43. The van der Waals surface area contributed by atoms with E-state index in [9.17, 15) is 9.59 Å². The number of nitrogens with zero attached hydrogens (tertiary/aromatic N) is 1. The number of fused-ring (bicyclic) bond motifs is 1. The molecular weight excluding hydrogens is 266 g/mol. The van der Waals surface area contributed by atoms with Crippen LogP contribution in [0.1, 0.15) is 44.4 Å². The summed E-state index contributed by atoms with van der Waals surface area (Å²) in [6.07, 6.45) is 3.81. The average Bonchev–Trinajstić information content (AvgIpc) is 2.96. The molecule has 2 heterocycles. The molecule has 0 fully saturated rings. The molecule has 3 N–H and O–H groups in total. The fourth-order valence-electron chi connectivity index (χ4n) is 2.99. The molecule has 108 valence electrons. The number of aryl methyl sites for hydroxylation is 1. The molecule has 2 atom stereocenters. The van der Waals surface area contributed by atoms with E-state index in [1.165, 1.54) is 0 Å². The molecule has 3 rings (SSSR count). The highest BCUT2D eigenvalue weighted by atomic mass is 16.1. The molecule has 2 aromatic heterocycles. The number of carbonyl (C=O) groups is 2. The second-order valence-corrected chi connectivity index (χ2v) is 5.39. The Morgan fingerprint density at radius 2 is 2.05 bits per heavy atom. The molecular formula is C16H17N3O2. The first kappa shape index (κ1) is 13.7. The van der Waals surface area contributed by atoms with E-state index < -0.39 is 11.8 Å². The van der Waals surface area contributed by atoms with Crippen molar-refractivity contribution in [3.8, 4) is 0 Å². The summed E-state index contributed by atoms with van der Waals surface area (Å²) >= 11 is 0. The molecule has 2 unspecified atom stereocenters. The molecule has 0 aromatic carbocycles. The number of H-pyrrole nitrogens is 1. The smallest absolute Gasteiger partial charge is 0.183 e. The van der Waals surface area contributed by atoms with E-state index in [4.69, 9.17) is 5.73 Å². The van der Waals surface area contributed by atoms with Gasteiger partial charge in [0.05, 0.1) is 11.6 Å². The number of hydrogen-bond acceptors (Lipinski definition) is 4. The monoisotopic (exact) mass is 283 g/mol. The number of carbonyl (C=O) groups excluding carboxylic acids is 2. The zero-order chi connectivity index (χ0) is 15.0. The van der Waals surface area contributed by atoms with E-state index in [1.54, 1.807) is 18.5 Å². The van der Waals surface area contributed by atoms with Crippen LogP contribution < -0.4 is 5.73 Å². The summed E-state index contributed by atoms with van der Waals surface area (Å²) in [6.45, 7) is 2.26. The van der Waals surface area contributed by atoms with Crippen LogP contribution in [0.15, 0.2) is 30.6 Å². The van der Waals surface area contributed by atoms with Crippen LogP contribution in [0.5, 0.6) is 0 Å². The summed E-state index contributed by atoms with van der Waals surface area (Å²) in [6, 6.07) is 5.40. The molecule has 2 aromatic rings. The number of pyridine rings is 1. The quantitative estimate of drug-likeness (QED) is 0.899. The molecule has 0 spiro atoms. The van der Waals surface area contributed by atoms with E-state index >= 15 is 0 Å². The molecule has 0 amide bonds. The Hall–Kier alpha value is -2.27. The molecule has 0 saturated carbocycles. The van der Waals surface area contributed by atoms with Gasteiger partial charge in [0, 0.05) is 29.6 Å². The molecule has 0 radical (unpaired) electrons. The predicted molar refractivity (Wildman–Crippen MR) is 78.3 cm³/mol. The largest absolute Gasteiger partial charge is 0.358 e. The van der Waals surface area contributed by atoms with Gasteiger partial charge in [-0.3, -0.25) is 14.6 Å². The minimum Gasteiger partial charge on any atom is -0.358 e. The Labute approximate surface area is 122 Å². The molecule has 21 heavy (non-hydrogen) atoms. The van der Waals surface area contributed by atoms with Gasteiger partial charge in [-0.1, -0.05) is 6.07 Å². The van der Waals surface area contributed by atoms with Crippen molar-refractivity contribution in [1.82, 2.24) is 9.97 Å². The van der Waals surface area contributed by atoms with Gasteiger partial charge in [0.15, 0.2) is 11.6 Å². The number of Topliss-reactive ketones (excluding diaryl/α,β-unsaturated/α-hetero) is 2. The molecule has 1 aliphatic carbocycles. The van der Waals surface area contributed by atoms with Crippen molar-refractivity contribution < 1.29 is 9.59 Å². The van der Waals surface area contributed by atoms with E-state index in [1.807, 2.05) is 19.1 Å². The Morgan fingerprint density at radius 1 is 1.24 bits per heavy atom. The van der Waals surface area contributed by atoms with Crippen LogP contribution in [0, 0.1) is 12.8 Å². The number of rotatable bonds is 3. The molecule has 5 heteroatoms. The summed E-state index contributed by atoms with van der Waals surface area (Å²) in [4.78, 5) is 32.5. The lowest BCUT2D eigenvalue weighted by molar-refractivity contribution is 0.0781. The van der Waals surface area contributed by atoms with Crippen molar-refractivity contribution in [3.63, 3.8) is 0 Å². The summed E-state index contributed by atoms with van der Waals surface area (Å²) in [5, 5.41) is 0. The van der Waals surface area contributed by atoms with E-state index in [2.05, 4.69) is 9.97 Å². The third-order valence-electron chi connectivity index (χ3n) is 4.05. The first-order valence-electron chi connectivity index (χ1n) is 7.02. The Balaban J connectivity index is 2.10. The second kappa shape index (κ2) is 5.26. The van der Waals surface area contributed by atoms with Gasteiger partial charge in [-0.15, -0.1) is 0 Å². The van der Waals surface area contributed by atoms with Crippen LogP contribution in [0.3, 0.4) is 0 Å². The number of aromatic nitrogens is 2. The first-order chi connectivity index (χ1) is 10.1. The van der Waals surface area contributed by atoms with Gasteiger partial charge in [-0.2, -0.15) is 0 Å². The Morgan fingerprint density at radius 3 is 2.71 bits per heavy atom. The zero-order valence-electron chi connectivity index (χ0n) is 11.8. The fourth-order valence-corrected chi connectivity index (χ4v) is 2.99. The summed E-state index contributed by atoms with van der Waals surface area (Å²) in [5.41, 5.74) is 8.18. The minimum absolute atomic E-state index is 0.0325. The van der Waals surface area contributed by atoms with Crippen LogP contribution in [-0.2, 0) is 0 Å². The fraction of sp³-hybridized carbons (Fsp3) is 0.312. The molecule has 5 nitrogen and oxygen atoms in total. The number of hydrogen-bond donors (Lipinski definition) is 2. The van der Waals surface area contributed by atoms with Gasteiger partial charge in [0.1, 0.15) is 0 Å². The lowest BCUT2D eigenvalue weighted by Crippen LogP contribution is -2.36. The van der Waals surface area contributed by atoms with Crippen LogP contribution >= 0.6 is 0 Å². The third-order valence-corrected chi connectivity index (χ3v) is 4.05. The SMILES string of the molecule is Cc1ccc(C2C(=O)c3cc[nH]c3C(=O)C2CCN)cn1. The first-order valence-corrected chi connectivity index (χ1v) is 7.02. The highest BCUT2D eigenvalue weighted by Crippen LogP contribution is 2.38. The lowest BCUT2D eigenvalue weighted by atomic mass is 9.72. The molecule has 0 saturated heterocycles. The number of ketones is 2. The van der Waals surface area contributed by atoms with Crippen LogP contribution in [0.4, 0.5) is 0 Å². The average molecular weight is 283 g/mol. The van der Waals surface area contributed by atoms with Gasteiger partial charge in [-0.25, -0.2) is 0 Å². The van der Waals surface area contributed by atoms with Gasteiger partial charge >= 0.3 is 0 Å².